The summed E-state index contributed by atoms with van der Waals surface area (Å²) >= 11 is 0. The van der Waals surface area contributed by atoms with Crippen LogP contribution < -0.4 is 5.32 Å². The number of hydrogen-bond acceptors (Lipinski definition) is 1. The van der Waals surface area contributed by atoms with Gasteiger partial charge in [0.2, 0.25) is 0 Å². The van der Waals surface area contributed by atoms with E-state index in [0.29, 0.717) is 0 Å². The smallest absolute Gasteiger partial charge is 0.250 e. The van der Waals surface area contributed by atoms with Gasteiger partial charge < -0.3 is 5.32 Å². The van der Waals surface area contributed by atoms with Crippen LogP contribution in [0.2, 0.25) is 0 Å². The minimum absolute atomic E-state index is 0.00354. The van der Waals surface area contributed by atoms with E-state index >= 15 is 0 Å². The fourth-order valence-corrected chi connectivity index (χ4v) is 1.66. The van der Waals surface area contributed by atoms with Crippen molar-refractivity contribution in [2.45, 2.75) is 44.6 Å². The summed E-state index contributed by atoms with van der Waals surface area (Å²) in [5, 5.41) is 2.91. The highest BCUT2D eigenvalue weighted by Gasteiger charge is 2.28. The summed E-state index contributed by atoms with van der Waals surface area (Å²) in [7, 11) is 0. The molecular weight excluding hydrogens is 148 g/mol. The highest BCUT2D eigenvalue weighted by molar-refractivity contribution is 4.87. The largest absolute Gasteiger partial charge is 0.306 e. The van der Waals surface area contributed by atoms with Crippen LogP contribution >= 0.6 is 0 Å². The van der Waals surface area contributed by atoms with E-state index in [9.17, 15) is 8.78 Å². The Balaban J connectivity index is 2.23. The number of halogens is 2. The molecule has 0 heterocycles. The lowest BCUT2D eigenvalue weighted by molar-refractivity contribution is 0.131. The van der Waals surface area contributed by atoms with Crippen molar-refractivity contribution in [1.29, 1.82) is 0 Å². The van der Waals surface area contributed by atoms with E-state index in [4.69, 9.17) is 0 Å². The van der Waals surface area contributed by atoms with Crippen molar-refractivity contribution in [1.82, 2.24) is 5.32 Å². The fourth-order valence-electron chi connectivity index (χ4n) is 1.66. The van der Waals surface area contributed by atoms with Gasteiger partial charge in [0, 0.05) is 5.54 Å². The van der Waals surface area contributed by atoms with Crippen molar-refractivity contribution in [3.63, 3.8) is 0 Å². The molecule has 66 valence electrons. The Morgan fingerprint density at radius 2 is 1.91 bits per heavy atom. The molecule has 1 fully saturated rings. The molecule has 0 unspecified atom stereocenters. The predicted octanol–water partition coefficient (Wildman–Crippen LogP) is 2.17. The molecule has 1 N–H and O–H groups in total. The van der Waals surface area contributed by atoms with Gasteiger partial charge in [0.05, 0.1) is 6.54 Å². The van der Waals surface area contributed by atoms with Crippen molar-refractivity contribution < 1.29 is 8.78 Å². The van der Waals surface area contributed by atoms with Crippen LogP contribution in [0.15, 0.2) is 0 Å². The summed E-state index contributed by atoms with van der Waals surface area (Å²) < 4.78 is 23.6. The van der Waals surface area contributed by atoms with E-state index in [-0.39, 0.29) is 12.1 Å². The first-order valence-corrected chi connectivity index (χ1v) is 4.16. The van der Waals surface area contributed by atoms with Crippen LogP contribution in [-0.4, -0.2) is 18.5 Å². The lowest BCUT2D eigenvalue weighted by Gasteiger charge is -2.24. The molecule has 3 heteroatoms. The lowest BCUT2D eigenvalue weighted by atomic mass is 10.0. The molecule has 0 aromatic heterocycles. The number of alkyl halides is 2. The third kappa shape index (κ3) is 2.73. The summed E-state index contributed by atoms with van der Waals surface area (Å²) in [5.74, 6) is 0. The molecule has 0 spiro atoms. The summed E-state index contributed by atoms with van der Waals surface area (Å²) in [6.07, 6.45) is 2.21. The van der Waals surface area contributed by atoms with Crippen molar-refractivity contribution in [3.8, 4) is 0 Å². The van der Waals surface area contributed by atoms with Crippen LogP contribution in [0.5, 0.6) is 0 Å². The molecule has 1 saturated carbocycles. The Hall–Kier alpha value is -0.180. The van der Waals surface area contributed by atoms with E-state index in [2.05, 4.69) is 5.32 Å². The standard InChI is InChI=1S/C8H15F2N/c1-8(4-2-3-5-8)11-6-7(9)10/h7,11H,2-6H2,1H3. The Kier molecular flexibility index (Phi) is 2.82. The molecule has 0 saturated heterocycles. The van der Waals surface area contributed by atoms with Gasteiger partial charge in [0.1, 0.15) is 0 Å². The van der Waals surface area contributed by atoms with Crippen molar-refractivity contribution in [3.05, 3.63) is 0 Å². The van der Waals surface area contributed by atoms with Crippen LogP contribution in [0, 0.1) is 0 Å². The topological polar surface area (TPSA) is 12.0 Å². The molecule has 11 heavy (non-hydrogen) atoms. The number of rotatable bonds is 3. The minimum atomic E-state index is -2.22. The number of hydrogen-bond donors (Lipinski definition) is 1. The molecule has 0 bridgehead atoms. The molecule has 0 amide bonds. The summed E-state index contributed by atoms with van der Waals surface area (Å²) in [6, 6.07) is 0. The van der Waals surface area contributed by atoms with Crippen LogP contribution in [0.1, 0.15) is 32.6 Å². The van der Waals surface area contributed by atoms with Crippen LogP contribution in [0.3, 0.4) is 0 Å². The third-order valence-corrected chi connectivity index (χ3v) is 2.39. The van der Waals surface area contributed by atoms with E-state index < -0.39 is 6.43 Å². The normalized spacial score (nSPS) is 22.9. The summed E-state index contributed by atoms with van der Waals surface area (Å²) in [5.41, 5.74) is -0.00354. The average Bonchev–Trinajstić information content (AvgIpc) is 2.33. The van der Waals surface area contributed by atoms with E-state index in [1.54, 1.807) is 0 Å². The molecule has 0 radical (unpaired) electrons. The third-order valence-electron chi connectivity index (χ3n) is 2.39. The van der Waals surface area contributed by atoms with Gasteiger partial charge in [-0.05, 0) is 19.8 Å². The molecule has 0 aromatic carbocycles. The van der Waals surface area contributed by atoms with Crippen molar-refractivity contribution in [2.75, 3.05) is 6.54 Å². The Morgan fingerprint density at radius 1 is 1.36 bits per heavy atom. The highest BCUT2D eigenvalue weighted by Crippen LogP contribution is 2.28. The lowest BCUT2D eigenvalue weighted by Crippen LogP contribution is -2.41. The highest BCUT2D eigenvalue weighted by atomic mass is 19.3. The molecule has 1 aliphatic rings. The minimum Gasteiger partial charge on any atom is -0.306 e. The van der Waals surface area contributed by atoms with Crippen LogP contribution in [0.4, 0.5) is 8.78 Å². The second-order valence-electron chi connectivity index (χ2n) is 3.54. The first-order chi connectivity index (χ1) is 5.12. The van der Waals surface area contributed by atoms with Crippen LogP contribution in [0.25, 0.3) is 0 Å². The van der Waals surface area contributed by atoms with Gasteiger partial charge in [0.25, 0.3) is 6.43 Å². The monoisotopic (exact) mass is 163 g/mol. The van der Waals surface area contributed by atoms with Gasteiger partial charge in [-0.15, -0.1) is 0 Å². The maximum absolute atomic E-state index is 11.8. The van der Waals surface area contributed by atoms with Gasteiger partial charge in [-0.1, -0.05) is 12.8 Å². The average molecular weight is 163 g/mol. The molecular formula is C8H15F2N. The Labute approximate surface area is 66.2 Å². The van der Waals surface area contributed by atoms with Gasteiger partial charge in [-0.3, -0.25) is 0 Å². The molecule has 1 aliphatic carbocycles. The molecule has 0 atom stereocenters. The van der Waals surface area contributed by atoms with E-state index in [0.717, 1.165) is 12.8 Å². The number of nitrogens with one attached hydrogen (secondary N) is 1. The SMILES string of the molecule is CC1(NCC(F)F)CCCC1. The molecule has 1 nitrogen and oxygen atoms in total. The molecule has 1 rings (SSSR count). The first kappa shape index (κ1) is 8.91. The quantitative estimate of drug-likeness (QED) is 0.672. The Morgan fingerprint density at radius 3 is 2.36 bits per heavy atom. The summed E-state index contributed by atoms with van der Waals surface area (Å²) in [6.45, 7) is 1.87. The van der Waals surface area contributed by atoms with E-state index in [1.807, 2.05) is 6.92 Å². The van der Waals surface area contributed by atoms with Crippen LogP contribution in [-0.2, 0) is 0 Å². The first-order valence-electron chi connectivity index (χ1n) is 4.16. The van der Waals surface area contributed by atoms with Gasteiger partial charge in [-0.25, -0.2) is 8.78 Å². The Bertz CT molecular complexity index is 119. The van der Waals surface area contributed by atoms with Gasteiger partial charge >= 0.3 is 0 Å². The zero-order chi connectivity index (χ0) is 8.32. The maximum atomic E-state index is 11.8. The summed E-state index contributed by atoms with van der Waals surface area (Å²) in [4.78, 5) is 0. The van der Waals surface area contributed by atoms with Crippen molar-refractivity contribution in [2.24, 2.45) is 0 Å². The second kappa shape index (κ2) is 3.48. The molecule has 0 aromatic rings. The second-order valence-corrected chi connectivity index (χ2v) is 3.54. The van der Waals surface area contributed by atoms with Gasteiger partial charge in [-0.2, -0.15) is 0 Å². The fraction of sp³-hybridized carbons (Fsp3) is 1.00. The zero-order valence-corrected chi connectivity index (χ0v) is 6.87. The maximum Gasteiger partial charge on any atom is 0.250 e. The molecule has 0 aliphatic heterocycles. The zero-order valence-electron chi connectivity index (χ0n) is 6.87. The van der Waals surface area contributed by atoms with Gasteiger partial charge in [0.15, 0.2) is 0 Å². The van der Waals surface area contributed by atoms with E-state index in [1.165, 1.54) is 12.8 Å². The van der Waals surface area contributed by atoms with Crippen molar-refractivity contribution >= 4 is 0 Å². The predicted molar refractivity (Wildman–Crippen MR) is 40.9 cm³/mol.